The van der Waals surface area contributed by atoms with E-state index in [0.29, 0.717) is 119 Å². The van der Waals surface area contributed by atoms with Crippen LogP contribution in [0.5, 0.6) is 11.5 Å². The number of ether oxygens (including phenoxy) is 2. The van der Waals surface area contributed by atoms with E-state index in [-0.39, 0.29) is 63.4 Å². The Morgan fingerprint density at radius 1 is 0.430 bits per heavy atom. The lowest BCUT2D eigenvalue weighted by Gasteiger charge is -2.20. The van der Waals surface area contributed by atoms with Crippen molar-refractivity contribution in [2.24, 2.45) is 19.1 Å². The van der Waals surface area contributed by atoms with E-state index in [4.69, 9.17) is 41.6 Å². The zero-order valence-electron chi connectivity index (χ0n) is 74.4. The van der Waals surface area contributed by atoms with Crippen LogP contribution >= 0.6 is 11.3 Å². The van der Waals surface area contributed by atoms with E-state index < -0.39 is 35.8 Å². The number of fused-ring (bicyclic) bond motifs is 3. The maximum Gasteiger partial charge on any atom is 0.274 e. The number of nitrogens with two attached hydrogens (primary N) is 3. The van der Waals surface area contributed by atoms with Crippen LogP contribution in [0.15, 0.2) is 275 Å². The Labute approximate surface area is 776 Å². The Bertz CT molecular complexity index is 7540. The molecule has 18 rings (SSSR count). The van der Waals surface area contributed by atoms with Gasteiger partial charge in [-0.25, -0.2) is 44.9 Å². The number of nitrogens with one attached hydrogen (secondary N) is 3. The smallest absolute Gasteiger partial charge is 0.274 e. The molecular formula is C102H86N24O8S. The number of carbonyl (C=O) groups is 3. The number of aryl methyl sites for hydroxylation is 2. The number of amides is 3. The number of hydrogen-bond donors (Lipinski definition) is 6. The molecule has 3 atom stereocenters. The fourth-order valence-electron chi connectivity index (χ4n) is 14.6. The molecule has 9 aromatic heterocycles. The fraction of sp³-hybridized carbons (Fsp3) is 0.147. The highest BCUT2D eigenvalue weighted by Crippen LogP contribution is 2.30. The molecule has 1 aliphatic rings. The quantitative estimate of drug-likeness (QED) is 0.0409. The second-order valence-corrected chi connectivity index (χ2v) is 32.3. The van der Waals surface area contributed by atoms with Crippen LogP contribution in [0.25, 0.3) is 78.0 Å². The summed E-state index contributed by atoms with van der Waals surface area (Å²) in [5.41, 5.74) is 28.4. The second-order valence-electron chi connectivity index (χ2n) is 31.4. The largest absolute Gasteiger partial charge is 0.491 e. The molecule has 0 bridgehead atoms. The van der Waals surface area contributed by atoms with Crippen molar-refractivity contribution in [1.82, 2.24) is 99.1 Å². The molecule has 32 nitrogen and oxygen atoms in total. The molecule has 0 unspecified atom stereocenters. The maximum atomic E-state index is 14.3. The van der Waals surface area contributed by atoms with E-state index in [2.05, 4.69) is 102 Å². The summed E-state index contributed by atoms with van der Waals surface area (Å²) in [6.45, 7) is 13.1. The van der Waals surface area contributed by atoms with E-state index in [1.54, 1.807) is 164 Å². The van der Waals surface area contributed by atoms with E-state index in [0.717, 1.165) is 33.1 Å². The van der Waals surface area contributed by atoms with Gasteiger partial charge in [-0.1, -0.05) is 103 Å². The molecule has 0 radical (unpaired) electrons. The number of aliphatic imine (C=N–C) groups is 1. The molecule has 0 spiro atoms. The van der Waals surface area contributed by atoms with E-state index in [9.17, 15) is 28.8 Å². The number of benzene rings is 8. The van der Waals surface area contributed by atoms with Gasteiger partial charge < -0.3 is 42.6 Å². The molecule has 0 saturated carbocycles. The Hall–Kier alpha value is -18.0. The van der Waals surface area contributed by atoms with Crippen molar-refractivity contribution < 1.29 is 23.9 Å². The molecule has 17 aromatic rings. The van der Waals surface area contributed by atoms with Gasteiger partial charge >= 0.3 is 0 Å². The second kappa shape index (κ2) is 40.3. The molecule has 10 heterocycles. The fourth-order valence-corrected chi connectivity index (χ4v) is 15.1. The van der Waals surface area contributed by atoms with Crippen LogP contribution in [0.4, 0.5) is 17.5 Å². The van der Waals surface area contributed by atoms with Crippen molar-refractivity contribution in [3.8, 4) is 86.6 Å². The van der Waals surface area contributed by atoms with Crippen molar-refractivity contribution >= 4 is 91.1 Å². The third-order valence-electron chi connectivity index (χ3n) is 20.9. The highest BCUT2D eigenvalue weighted by molar-refractivity contribution is 7.10. The van der Waals surface area contributed by atoms with Crippen LogP contribution in [0.3, 0.4) is 0 Å². The Balaban J connectivity index is 0.000000147. The van der Waals surface area contributed by atoms with Gasteiger partial charge in [-0.2, -0.15) is 10.2 Å². The number of allylic oxidation sites excluding steroid dienone is 1. The lowest BCUT2D eigenvalue weighted by molar-refractivity contribution is 0.0925. The van der Waals surface area contributed by atoms with E-state index in [1.165, 1.54) is 43.6 Å². The van der Waals surface area contributed by atoms with Crippen LogP contribution in [0, 0.1) is 35.5 Å². The maximum absolute atomic E-state index is 14.3. The first-order valence-corrected chi connectivity index (χ1v) is 43.6. The van der Waals surface area contributed by atoms with Gasteiger partial charge in [0.05, 0.1) is 144 Å². The zero-order chi connectivity index (χ0) is 94.5. The third-order valence-corrected chi connectivity index (χ3v) is 21.5. The van der Waals surface area contributed by atoms with Gasteiger partial charge in [0.25, 0.3) is 34.4 Å². The van der Waals surface area contributed by atoms with Crippen LogP contribution in [0.1, 0.15) is 160 Å². The van der Waals surface area contributed by atoms with Crippen LogP contribution in [-0.2, 0) is 14.1 Å². The predicted octanol–water partition coefficient (Wildman–Crippen LogP) is 13.6. The number of aromatic nitrogens is 17. The molecule has 0 aliphatic carbocycles. The predicted molar refractivity (Wildman–Crippen MR) is 519 cm³/mol. The van der Waals surface area contributed by atoms with Gasteiger partial charge in [-0.3, -0.25) is 61.8 Å². The molecule has 9 N–H and O–H groups in total. The lowest BCUT2D eigenvalue weighted by Crippen LogP contribution is -2.34. The van der Waals surface area contributed by atoms with Gasteiger partial charge in [0.2, 0.25) is 0 Å². The minimum absolute atomic E-state index is 0.0166. The van der Waals surface area contributed by atoms with Crippen LogP contribution < -0.4 is 59.3 Å². The van der Waals surface area contributed by atoms with Crippen molar-refractivity contribution in [2.75, 3.05) is 17.2 Å². The number of nitrogen functional groups attached to an aromatic ring is 3. The van der Waals surface area contributed by atoms with Crippen molar-refractivity contribution in [1.29, 1.82) is 0 Å². The molecule has 0 saturated heterocycles. The molecule has 33 heteroatoms. The monoisotopic (exact) mass is 1810 g/mol. The van der Waals surface area contributed by atoms with Gasteiger partial charge in [0, 0.05) is 66.9 Å². The lowest BCUT2D eigenvalue weighted by atomic mass is 10.1. The average molecular weight is 1810 g/mol. The Morgan fingerprint density at radius 2 is 0.830 bits per heavy atom. The van der Waals surface area contributed by atoms with Gasteiger partial charge in [0.15, 0.2) is 34.5 Å². The first-order chi connectivity index (χ1) is 65.3. The summed E-state index contributed by atoms with van der Waals surface area (Å²) >= 11 is 1.42. The standard InChI is InChI=1S/2C36H32N8O3.C30H22N8O2S/c1-22(2)47-28-17-14-24(15-18-28)30-21-38-33(37)32(40-30)35(45)39-23(3)34-41-29-12-8-9-25(13-16-26-19-20-43(4)42-26)31(29)36(46)44(34)27-10-6-5-7-11-27;1-22(2)47-28-17-15-25(16-18-28)30-20-38-33(37)32(41-30)35(45)40-23(3)34-42-29-12-8-9-26(14-13-24-19-39-43(4)21-24)31(29)36(46)44(34)27-10-6-5-7-11-27;1-18(35-29(39)26-27(31)34-16-24(36-26)22-11-6-14-33-22)28-37-23-10-5-7-19(12-13-21-15-32-17-41-21)25(23)30(40)38(28)20-8-3-2-4-9-20/h5-12,14-15,17-23H,1-4H3,(H2,37,38)(H,39,45);5-12,15-23H,1-4H3,(H2,37,38)(H,40,45);2-5,7-11,14-18H,6H2,1H3,(H2,31,34)(H,35,39)/t2*23-;18-/m000/s1. The first-order valence-electron chi connectivity index (χ1n) is 42.7. The molecular weight excluding hydrogens is 1720 g/mol. The number of nitrogens with zero attached hydrogens (tertiary/aromatic N) is 18. The topological polar surface area (TPSA) is 427 Å². The molecule has 1 aliphatic heterocycles. The summed E-state index contributed by atoms with van der Waals surface area (Å²) in [4.78, 5) is 133. The number of para-hydroxylation sites is 3. The summed E-state index contributed by atoms with van der Waals surface area (Å²) < 4.78 is 19.3. The van der Waals surface area contributed by atoms with Crippen molar-refractivity contribution in [3.63, 3.8) is 0 Å². The van der Waals surface area contributed by atoms with Crippen molar-refractivity contribution in [3.05, 3.63) is 359 Å². The van der Waals surface area contributed by atoms with Crippen molar-refractivity contribution in [2.45, 2.75) is 85.2 Å². The number of carbonyl (C=O) groups excluding carboxylic acids is 3. The summed E-state index contributed by atoms with van der Waals surface area (Å²) in [6.07, 6.45) is 15.8. The minimum Gasteiger partial charge on any atom is -0.491 e. The molecule has 135 heavy (non-hydrogen) atoms. The zero-order valence-corrected chi connectivity index (χ0v) is 75.2. The normalized spacial score (nSPS) is 12.0. The highest BCUT2D eigenvalue weighted by atomic mass is 32.1. The number of rotatable bonds is 19. The van der Waals surface area contributed by atoms with Crippen LogP contribution in [0.2, 0.25) is 0 Å². The minimum atomic E-state index is -0.736. The first kappa shape index (κ1) is 90.3. The van der Waals surface area contributed by atoms with Gasteiger partial charge in [-0.05, 0) is 188 Å². The SMILES string of the molecule is CC(C)Oc1ccc(-c2cnc(N)c(C(=O)N[C@@H](C)c3nc4cccc(C#Cc5ccn(C)n5)c4c(=O)n3-c3ccccc3)n2)cc1.CC(C)Oc1ccc(-c2cnc(N)c(C(=O)N[C@@H](C)c3nc4cccc(C#Cc5cnn(C)c5)c4c(=O)n3-c3ccccc3)n2)cc1.C[C@H](NC(=O)c1nc(C2=CCC=N2)cnc1N)c1nc2cccc(C#Cc3cncs3)c2c(=O)n1-c1ccccc1. The number of anilines is 3. The van der Waals surface area contributed by atoms with Gasteiger partial charge in [-0.15, -0.1) is 11.3 Å². The molecule has 0 fully saturated rings. The molecule has 8 aromatic carbocycles. The number of thiazole rings is 1. The average Bonchev–Trinajstić information content (AvgIpc) is 1.51. The third kappa shape index (κ3) is 20.7. The molecule has 668 valence electrons. The summed E-state index contributed by atoms with van der Waals surface area (Å²) in [6, 6.07) is 57.7. The van der Waals surface area contributed by atoms with E-state index >= 15 is 0 Å². The Kier molecular flexibility index (Phi) is 27.0. The van der Waals surface area contributed by atoms with E-state index in [1.807, 2.05) is 151 Å². The Morgan fingerprint density at radius 3 is 1.19 bits per heavy atom. The molecule has 3 amide bonds. The summed E-state index contributed by atoms with van der Waals surface area (Å²) in [7, 11) is 3.62. The van der Waals surface area contributed by atoms with Gasteiger partial charge in [0.1, 0.15) is 40.4 Å². The summed E-state index contributed by atoms with van der Waals surface area (Å²) in [5, 5.41) is 18.3. The highest BCUT2D eigenvalue weighted by Gasteiger charge is 2.29. The number of hydrogen-bond acceptors (Lipinski definition) is 25. The van der Waals surface area contributed by atoms with Crippen LogP contribution in [-0.4, -0.2) is 119 Å². The summed E-state index contributed by atoms with van der Waals surface area (Å²) in [5.74, 6) is 19.1.